The Morgan fingerprint density at radius 2 is 2.31 bits per heavy atom. The van der Waals surface area contributed by atoms with E-state index in [9.17, 15) is 9.59 Å². The molecule has 0 unspecified atom stereocenters. The van der Waals surface area contributed by atoms with E-state index < -0.39 is 11.5 Å². The van der Waals surface area contributed by atoms with E-state index >= 15 is 0 Å². The smallest absolute Gasteiger partial charge is 0.329 e. The Kier molecular flexibility index (Phi) is 3.50. The molecule has 0 heterocycles. The van der Waals surface area contributed by atoms with Crippen LogP contribution in [0.15, 0.2) is 24.3 Å². The number of carbonyl (C=O) groups excluding carboxylic acids is 1. The maximum atomic E-state index is 11.0. The van der Waals surface area contributed by atoms with Crippen LogP contribution in [0.2, 0.25) is 0 Å². The van der Waals surface area contributed by atoms with Crippen molar-refractivity contribution in [3.8, 4) is 0 Å². The summed E-state index contributed by atoms with van der Waals surface area (Å²) in [5.41, 5.74) is 5.61. The van der Waals surface area contributed by atoms with Crippen LogP contribution in [0.25, 0.3) is 0 Å². The average Bonchev–Trinajstić information content (AvgIpc) is 2.17. The number of amides is 1. The van der Waals surface area contributed by atoms with E-state index in [0.29, 0.717) is 12.1 Å². The molecule has 0 spiro atoms. The molecule has 1 amide bonds. The second-order valence-electron chi connectivity index (χ2n) is 3.82. The third-order valence-corrected chi connectivity index (χ3v) is 2.36. The molecule has 1 aromatic carbocycles. The van der Waals surface area contributed by atoms with Crippen LogP contribution < -0.4 is 11.1 Å². The summed E-state index contributed by atoms with van der Waals surface area (Å²) in [5, 5.41) is 11.3. The van der Waals surface area contributed by atoms with Gasteiger partial charge in [-0.15, -0.1) is 0 Å². The van der Waals surface area contributed by atoms with Gasteiger partial charge in [-0.3, -0.25) is 4.79 Å². The Balaban J connectivity index is 2.92. The SMILES string of the molecule is C[C@](Cc1cccc(N)c1)(NC=O)C(=O)O. The van der Waals surface area contributed by atoms with Crippen LogP contribution in [0.4, 0.5) is 5.69 Å². The van der Waals surface area contributed by atoms with Gasteiger partial charge in [0, 0.05) is 12.1 Å². The first kappa shape index (κ1) is 12.0. The molecule has 16 heavy (non-hydrogen) atoms. The number of rotatable bonds is 5. The summed E-state index contributed by atoms with van der Waals surface area (Å²) in [4.78, 5) is 21.4. The minimum Gasteiger partial charge on any atom is -0.480 e. The van der Waals surface area contributed by atoms with E-state index in [2.05, 4.69) is 5.32 Å². The maximum Gasteiger partial charge on any atom is 0.329 e. The standard InChI is InChI=1S/C11H14N2O3/c1-11(10(15)16,13-7-14)6-8-3-2-4-9(12)5-8/h2-5,7H,6,12H2,1H3,(H,13,14)(H,15,16)/t11-/m1/s1. The number of nitrogens with two attached hydrogens (primary N) is 1. The fraction of sp³-hybridized carbons (Fsp3) is 0.273. The normalized spacial score (nSPS) is 13.8. The predicted octanol–water partition coefficient (Wildman–Crippen LogP) is 0.401. The van der Waals surface area contributed by atoms with Gasteiger partial charge in [-0.05, 0) is 24.6 Å². The lowest BCUT2D eigenvalue weighted by molar-refractivity contribution is -0.145. The van der Waals surface area contributed by atoms with E-state index in [1.807, 2.05) is 0 Å². The molecule has 0 radical (unpaired) electrons. The Morgan fingerprint density at radius 1 is 1.62 bits per heavy atom. The molecule has 0 aliphatic carbocycles. The molecule has 1 atom stereocenters. The third kappa shape index (κ3) is 2.73. The monoisotopic (exact) mass is 222 g/mol. The summed E-state index contributed by atoms with van der Waals surface area (Å²) in [6, 6.07) is 6.92. The molecule has 86 valence electrons. The van der Waals surface area contributed by atoms with Gasteiger partial charge in [-0.1, -0.05) is 12.1 Å². The summed E-state index contributed by atoms with van der Waals surface area (Å²) in [7, 11) is 0. The van der Waals surface area contributed by atoms with Gasteiger partial charge < -0.3 is 16.2 Å². The van der Waals surface area contributed by atoms with Crippen molar-refractivity contribution >= 4 is 18.1 Å². The first-order valence-corrected chi connectivity index (χ1v) is 4.77. The fourth-order valence-corrected chi connectivity index (χ4v) is 1.43. The molecule has 0 saturated carbocycles. The zero-order valence-electron chi connectivity index (χ0n) is 8.93. The summed E-state index contributed by atoms with van der Waals surface area (Å²) in [5.74, 6) is -1.08. The van der Waals surface area contributed by atoms with Gasteiger partial charge in [-0.25, -0.2) is 4.79 Å². The van der Waals surface area contributed by atoms with Gasteiger partial charge in [0.1, 0.15) is 5.54 Å². The number of carboxylic acid groups (broad SMARTS) is 1. The number of carboxylic acids is 1. The molecule has 0 bridgehead atoms. The summed E-state index contributed by atoms with van der Waals surface area (Å²) >= 11 is 0. The van der Waals surface area contributed by atoms with Crippen LogP contribution in [0.3, 0.4) is 0 Å². The lowest BCUT2D eigenvalue weighted by atomic mass is 9.93. The maximum absolute atomic E-state index is 11.0. The highest BCUT2D eigenvalue weighted by Crippen LogP contribution is 2.15. The van der Waals surface area contributed by atoms with Crippen molar-refractivity contribution in [3.05, 3.63) is 29.8 Å². The number of anilines is 1. The van der Waals surface area contributed by atoms with Crippen molar-refractivity contribution in [1.29, 1.82) is 0 Å². The van der Waals surface area contributed by atoms with Crippen molar-refractivity contribution in [3.63, 3.8) is 0 Å². The molecule has 0 saturated heterocycles. The number of hydrogen-bond acceptors (Lipinski definition) is 3. The van der Waals surface area contributed by atoms with Gasteiger partial charge in [0.2, 0.25) is 6.41 Å². The minimum absolute atomic E-state index is 0.187. The number of benzene rings is 1. The molecule has 0 aliphatic rings. The highest BCUT2D eigenvalue weighted by atomic mass is 16.4. The molecular weight excluding hydrogens is 208 g/mol. The third-order valence-electron chi connectivity index (χ3n) is 2.36. The highest BCUT2D eigenvalue weighted by molar-refractivity contribution is 5.81. The number of aliphatic carboxylic acids is 1. The summed E-state index contributed by atoms with van der Waals surface area (Å²) < 4.78 is 0. The first-order chi connectivity index (χ1) is 7.48. The summed E-state index contributed by atoms with van der Waals surface area (Å²) in [6.07, 6.45) is 0.576. The topological polar surface area (TPSA) is 92.4 Å². The number of carbonyl (C=O) groups is 2. The van der Waals surface area contributed by atoms with E-state index in [-0.39, 0.29) is 6.42 Å². The quantitative estimate of drug-likeness (QED) is 0.496. The van der Waals surface area contributed by atoms with Crippen LogP contribution in [0, 0.1) is 0 Å². The van der Waals surface area contributed by atoms with Crippen LogP contribution in [0.1, 0.15) is 12.5 Å². The van der Waals surface area contributed by atoms with E-state index in [1.54, 1.807) is 24.3 Å². The van der Waals surface area contributed by atoms with Crippen molar-refractivity contribution < 1.29 is 14.7 Å². The molecule has 5 nitrogen and oxygen atoms in total. The zero-order valence-corrected chi connectivity index (χ0v) is 8.93. The van der Waals surface area contributed by atoms with Crippen molar-refractivity contribution in [1.82, 2.24) is 5.32 Å². The van der Waals surface area contributed by atoms with Gasteiger partial charge in [-0.2, -0.15) is 0 Å². The largest absolute Gasteiger partial charge is 0.480 e. The Labute approximate surface area is 93.3 Å². The number of nitrogen functional groups attached to an aromatic ring is 1. The van der Waals surface area contributed by atoms with Crippen molar-refractivity contribution in [2.24, 2.45) is 0 Å². The van der Waals surface area contributed by atoms with Gasteiger partial charge in [0.15, 0.2) is 0 Å². The average molecular weight is 222 g/mol. The summed E-state index contributed by atoms with van der Waals surface area (Å²) in [6.45, 7) is 1.45. The van der Waals surface area contributed by atoms with Crippen molar-refractivity contribution in [2.75, 3.05) is 5.73 Å². The molecule has 1 aromatic rings. The van der Waals surface area contributed by atoms with Gasteiger partial charge in [0.05, 0.1) is 0 Å². The highest BCUT2D eigenvalue weighted by Gasteiger charge is 2.32. The van der Waals surface area contributed by atoms with Crippen LogP contribution in [-0.4, -0.2) is 23.0 Å². The Morgan fingerprint density at radius 3 is 2.81 bits per heavy atom. The van der Waals surface area contributed by atoms with Crippen LogP contribution in [0.5, 0.6) is 0 Å². The van der Waals surface area contributed by atoms with E-state index in [4.69, 9.17) is 10.8 Å². The zero-order chi connectivity index (χ0) is 12.2. The number of nitrogens with one attached hydrogen (secondary N) is 1. The second-order valence-corrected chi connectivity index (χ2v) is 3.82. The van der Waals surface area contributed by atoms with Gasteiger partial charge in [0.25, 0.3) is 0 Å². The lowest BCUT2D eigenvalue weighted by Gasteiger charge is -2.24. The van der Waals surface area contributed by atoms with E-state index in [0.717, 1.165) is 5.56 Å². The van der Waals surface area contributed by atoms with Crippen LogP contribution >= 0.6 is 0 Å². The molecule has 5 heteroatoms. The molecule has 4 N–H and O–H groups in total. The molecule has 1 rings (SSSR count). The second kappa shape index (κ2) is 4.65. The fourth-order valence-electron chi connectivity index (χ4n) is 1.43. The first-order valence-electron chi connectivity index (χ1n) is 4.77. The lowest BCUT2D eigenvalue weighted by Crippen LogP contribution is -2.50. The molecule has 0 aromatic heterocycles. The van der Waals surface area contributed by atoms with E-state index in [1.165, 1.54) is 6.92 Å². The minimum atomic E-state index is -1.31. The molecule has 0 fully saturated rings. The van der Waals surface area contributed by atoms with Gasteiger partial charge >= 0.3 is 5.97 Å². The predicted molar refractivity (Wildman–Crippen MR) is 59.8 cm³/mol. The van der Waals surface area contributed by atoms with Crippen LogP contribution in [-0.2, 0) is 16.0 Å². The molecular formula is C11H14N2O3. The van der Waals surface area contributed by atoms with Crippen molar-refractivity contribution in [2.45, 2.75) is 18.9 Å². The Bertz CT molecular complexity index is 406. The number of hydrogen-bond donors (Lipinski definition) is 3. The Hall–Kier alpha value is -2.04. The molecule has 0 aliphatic heterocycles.